The normalized spacial score (nSPS) is 9.76. The van der Waals surface area contributed by atoms with Gasteiger partial charge in [-0.2, -0.15) is 0 Å². The number of amides is 1. The minimum absolute atomic E-state index is 0.0156. The molecule has 0 spiro atoms. The van der Waals surface area contributed by atoms with Gasteiger partial charge in [0.25, 0.3) is 5.91 Å². The maximum Gasteiger partial charge on any atom is 0.254 e. The number of hydrogen-bond acceptors (Lipinski definition) is 2. The first-order chi connectivity index (χ1) is 8.10. The van der Waals surface area contributed by atoms with Crippen molar-refractivity contribution in [2.45, 2.75) is 11.8 Å². The molecule has 0 heterocycles. The molecule has 0 fully saturated rings. The van der Waals surface area contributed by atoms with E-state index in [1.54, 1.807) is 23.1 Å². The van der Waals surface area contributed by atoms with Crippen LogP contribution in [-0.4, -0.2) is 23.9 Å². The molecule has 17 heavy (non-hydrogen) atoms. The standard InChI is InChI=1S/C14H17NOS/c1-4-8-15(9-5-2)14(16)13-10-12(17)7-6-11(13)3/h4-7,10,17H,1-2,8-9H2,3H3. The predicted molar refractivity (Wildman–Crippen MR) is 74.7 cm³/mol. The summed E-state index contributed by atoms with van der Waals surface area (Å²) in [5.74, 6) is -0.0156. The third-order valence-electron chi connectivity index (χ3n) is 2.44. The number of hydrogen-bond donors (Lipinski definition) is 1. The minimum Gasteiger partial charge on any atom is -0.331 e. The van der Waals surface area contributed by atoms with Crippen LogP contribution in [0.4, 0.5) is 0 Å². The molecule has 0 saturated heterocycles. The summed E-state index contributed by atoms with van der Waals surface area (Å²) in [7, 11) is 0. The lowest BCUT2D eigenvalue weighted by Gasteiger charge is -2.20. The molecule has 1 amide bonds. The van der Waals surface area contributed by atoms with Gasteiger partial charge in [-0.3, -0.25) is 4.79 Å². The lowest BCUT2D eigenvalue weighted by atomic mass is 10.1. The smallest absolute Gasteiger partial charge is 0.254 e. The van der Waals surface area contributed by atoms with Gasteiger partial charge >= 0.3 is 0 Å². The largest absolute Gasteiger partial charge is 0.331 e. The zero-order valence-corrected chi connectivity index (χ0v) is 10.9. The van der Waals surface area contributed by atoms with Crippen molar-refractivity contribution in [2.24, 2.45) is 0 Å². The molecule has 0 radical (unpaired) electrons. The molecular formula is C14H17NOS. The van der Waals surface area contributed by atoms with Crippen molar-refractivity contribution in [3.63, 3.8) is 0 Å². The molecule has 0 bridgehead atoms. The number of carbonyl (C=O) groups is 1. The number of thiol groups is 1. The zero-order valence-electron chi connectivity index (χ0n) is 10.0. The van der Waals surface area contributed by atoms with Crippen molar-refractivity contribution >= 4 is 18.5 Å². The highest BCUT2D eigenvalue weighted by atomic mass is 32.1. The van der Waals surface area contributed by atoms with Crippen LogP contribution in [0.25, 0.3) is 0 Å². The fourth-order valence-electron chi connectivity index (χ4n) is 1.56. The average Bonchev–Trinajstić information content (AvgIpc) is 2.31. The summed E-state index contributed by atoms with van der Waals surface area (Å²) >= 11 is 4.26. The minimum atomic E-state index is -0.0156. The Morgan fingerprint density at radius 2 is 1.94 bits per heavy atom. The van der Waals surface area contributed by atoms with Crippen molar-refractivity contribution < 1.29 is 4.79 Å². The number of carbonyl (C=O) groups excluding carboxylic acids is 1. The van der Waals surface area contributed by atoms with E-state index in [2.05, 4.69) is 25.8 Å². The van der Waals surface area contributed by atoms with Crippen LogP contribution in [0.15, 0.2) is 48.4 Å². The number of aryl methyl sites for hydroxylation is 1. The molecule has 0 aliphatic heterocycles. The van der Waals surface area contributed by atoms with E-state index < -0.39 is 0 Å². The molecule has 0 N–H and O–H groups in total. The van der Waals surface area contributed by atoms with Gasteiger partial charge in [0.1, 0.15) is 0 Å². The van der Waals surface area contributed by atoms with Crippen LogP contribution >= 0.6 is 12.6 Å². The van der Waals surface area contributed by atoms with Gasteiger partial charge in [-0.1, -0.05) is 18.2 Å². The van der Waals surface area contributed by atoms with E-state index in [9.17, 15) is 4.79 Å². The molecule has 1 rings (SSSR count). The van der Waals surface area contributed by atoms with Crippen LogP contribution in [0.1, 0.15) is 15.9 Å². The zero-order chi connectivity index (χ0) is 12.8. The molecule has 0 unspecified atom stereocenters. The Morgan fingerprint density at radius 3 is 2.47 bits per heavy atom. The van der Waals surface area contributed by atoms with Crippen molar-refractivity contribution in [3.8, 4) is 0 Å². The first kappa shape index (κ1) is 13.6. The Balaban J connectivity index is 3.03. The predicted octanol–water partition coefficient (Wildman–Crippen LogP) is 3.10. The van der Waals surface area contributed by atoms with Crippen molar-refractivity contribution in [1.82, 2.24) is 4.90 Å². The van der Waals surface area contributed by atoms with Crippen molar-refractivity contribution in [3.05, 3.63) is 54.6 Å². The molecule has 0 atom stereocenters. The van der Waals surface area contributed by atoms with E-state index in [1.165, 1.54) is 0 Å². The Bertz CT molecular complexity index is 430. The molecular weight excluding hydrogens is 230 g/mol. The molecule has 0 saturated carbocycles. The topological polar surface area (TPSA) is 20.3 Å². The van der Waals surface area contributed by atoms with Crippen molar-refractivity contribution in [1.29, 1.82) is 0 Å². The van der Waals surface area contributed by atoms with Gasteiger partial charge in [0.05, 0.1) is 0 Å². The van der Waals surface area contributed by atoms with Gasteiger partial charge in [0.15, 0.2) is 0 Å². The van der Waals surface area contributed by atoms with Crippen LogP contribution < -0.4 is 0 Å². The lowest BCUT2D eigenvalue weighted by Crippen LogP contribution is -2.31. The number of nitrogens with zero attached hydrogens (tertiary/aromatic N) is 1. The molecule has 1 aromatic rings. The molecule has 1 aromatic carbocycles. The summed E-state index contributed by atoms with van der Waals surface area (Å²) in [4.78, 5) is 14.8. The summed E-state index contributed by atoms with van der Waals surface area (Å²) in [5, 5.41) is 0. The molecule has 2 nitrogen and oxygen atoms in total. The van der Waals surface area contributed by atoms with E-state index in [1.807, 2.05) is 19.1 Å². The monoisotopic (exact) mass is 247 g/mol. The number of benzene rings is 1. The van der Waals surface area contributed by atoms with E-state index in [0.717, 1.165) is 10.5 Å². The molecule has 0 aliphatic carbocycles. The third kappa shape index (κ3) is 3.49. The van der Waals surface area contributed by atoms with Crippen LogP contribution in [0.5, 0.6) is 0 Å². The average molecular weight is 247 g/mol. The molecule has 90 valence electrons. The van der Waals surface area contributed by atoms with Crippen LogP contribution in [0.3, 0.4) is 0 Å². The van der Waals surface area contributed by atoms with E-state index >= 15 is 0 Å². The summed E-state index contributed by atoms with van der Waals surface area (Å²) in [6.45, 7) is 10.3. The van der Waals surface area contributed by atoms with E-state index in [0.29, 0.717) is 18.7 Å². The van der Waals surface area contributed by atoms with Gasteiger partial charge in [-0.15, -0.1) is 25.8 Å². The highest BCUT2D eigenvalue weighted by Gasteiger charge is 2.15. The lowest BCUT2D eigenvalue weighted by molar-refractivity contribution is 0.0790. The second-order valence-electron chi connectivity index (χ2n) is 3.79. The summed E-state index contributed by atoms with van der Waals surface area (Å²) in [6.07, 6.45) is 3.42. The Hall–Kier alpha value is -1.48. The summed E-state index contributed by atoms with van der Waals surface area (Å²) in [6, 6.07) is 5.57. The number of rotatable bonds is 5. The molecule has 0 aliphatic rings. The fourth-order valence-corrected chi connectivity index (χ4v) is 1.77. The van der Waals surface area contributed by atoms with E-state index in [4.69, 9.17) is 0 Å². The Labute approximate surface area is 108 Å². The van der Waals surface area contributed by atoms with Crippen molar-refractivity contribution in [2.75, 3.05) is 13.1 Å². The Kier molecular flexibility index (Phi) is 5.04. The maximum atomic E-state index is 12.3. The highest BCUT2D eigenvalue weighted by molar-refractivity contribution is 7.80. The van der Waals surface area contributed by atoms with Gasteiger partial charge in [0.2, 0.25) is 0 Å². The molecule has 3 heteroatoms. The summed E-state index contributed by atoms with van der Waals surface area (Å²) < 4.78 is 0. The molecule has 0 aromatic heterocycles. The van der Waals surface area contributed by atoms with Crippen LogP contribution in [0.2, 0.25) is 0 Å². The highest BCUT2D eigenvalue weighted by Crippen LogP contribution is 2.16. The van der Waals surface area contributed by atoms with E-state index in [-0.39, 0.29) is 5.91 Å². The Morgan fingerprint density at radius 1 is 1.35 bits per heavy atom. The van der Waals surface area contributed by atoms with Crippen LogP contribution in [0, 0.1) is 6.92 Å². The van der Waals surface area contributed by atoms with Gasteiger partial charge < -0.3 is 4.90 Å². The first-order valence-electron chi connectivity index (χ1n) is 5.40. The van der Waals surface area contributed by atoms with Crippen LogP contribution in [-0.2, 0) is 0 Å². The van der Waals surface area contributed by atoms with Gasteiger partial charge in [-0.05, 0) is 24.6 Å². The second kappa shape index (κ2) is 6.30. The van der Waals surface area contributed by atoms with Gasteiger partial charge in [0, 0.05) is 23.5 Å². The van der Waals surface area contributed by atoms with Gasteiger partial charge in [-0.25, -0.2) is 0 Å². The quantitative estimate of drug-likeness (QED) is 0.626. The second-order valence-corrected chi connectivity index (χ2v) is 4.30. The third-order valence-corrected chi connectivity index (χ3v) is 2.72. The SMILES string of the molecule is C=CCN(CC=C)C(=O)c1cc(S)ccc1C. The fraction of sp³-hybridized carbons (Fsp3) is 0.214. The first-order valence-corrected chi connectivity index (χ1v) is 5.85. The summed E-state index contributed by atoms with van der Waals surface area (Å²) in [5.41, 5.74) is 1.63. The maximum absolute atomic E-state index is 12.3.